The van der Waals surface area contributed by atoms with Gasteiger partial charge < -0.3 is 15.2 Å². The molecule has 1 amide bonds. The van der Waals surface area contributed by atoms with Crippen LogP contribution < -0.4 is 5.73 Å². The number of pyridine rings is 1. The number of fused-ring (bicyclic) bond motifs is 3. The van der Waals surface area contributed by atoms with Crippen LogP contribution in [0.1, 0.15) is 0 Å². The van der Waals surface area contributed by atoms with Gasteiger partial charge in [0.2, 0.25) is 11.9 Å². The number of benzene rings is 1. The maximum Gasteiger partial charge on any atom is 0.242 e. The Labute approximate surface area is 115 Å². The van der Waals surface area contributed by atoms with Crippen molar-refractivity contribution in [2.24, 2.45) is 0 Å². The Morgan fingerprint density at radius 2 is 2.05 bits per heavy atom. The van der Waals surface area contributed by atoms with Crippen molar-refractivity contribution in [2.45, 2.75) is 6.54 Å². The van der Waals surface area contributed by atoms with Gasteiger partial charge in [0.25, 0.3) is 0 Å². The SMILES string of the molecule is CN(C)C(=O)Cn1c(N)nc2cnc3ccccc3c21. The van der Waals surface area contributed by atoms with Gasteiger partial charge in [0.15, 0.2) is 0 Å². The molecule has 0 fully saturated rings. The molecule has 102 valence electrons. The summed E-state index contributed by atoms with van der Waals surface area (Å²) in [5.41, 5.74) is 8.36. The largest absolute Gasteiger partial charge is 0.369 e. The van der Waals surface area contributed by atoms with Gasteiger partial charge in [-0.15, -0.1) is 0 Å². The second-order valence-electron chi connectivity index (χ2n) is 4.85. The molecule has 0 atom stereocenters. The topological polar surface area (TPSA) is 77.0 Å². The molecule has 2 aromatic heterocycles. The number of nitrogens with two attached hydrogens (primary N) is 1. The molecule has 3 aromatic rings. The van der Waals surface area contributed by atoms with Gasteiger partial charge >= 0.3 is 0 Å². The van der Waals surface area contributed by atoms with E-state index in [0.29, 0.717) is 11.5 Å². The fraction of sp³-hybridized carbons (Fsp3) is 0.214. The van der Waals surface area contributed by atoms with E-state index in [1.54, 1.807) is 24.9 Å². The minimum atomic E-state index is -0.0307. The molecule has 2 N–H and O–H groups in total. The number of carbonyl (C=O) groups is 1. The smallest absolute Gasteiger partial charge is 0.242 e. The standard InChI is InChI=1S/C14H15N5O/c1-18(2)12(20)8-19-13-9-5-3-4-6-10(9)16-7-11(13)17-14(19)15/h3-7H,8H2,1-2H3,(H2,15,17). The zero-order valence-corrected chi connectivity index (χ0v) is 11.4. The highest BCUT2D eigenvalue weighted by atomic mass is 16.2. The number of nitrogen functional groups attached to an aromatic ring is 1. The van der Waals surface area contributed by atoms with Crippen LogP contribution in [0.4, 0.5) is 5.95 Å². The first-order chi connectivity index (χ1) is 9.58. The lowest BCUT2D eigenvalue weighted by Crippen LogP contribution is -2.26. The molecule has 0 aliphatic rings. The van der Waals surface area contributed by atoms with Gasteiger partial charge in [0.05, 0.1) is 17.2 Å². The molecule has 6 heteroatoms. The third-order valence-corrected chi connectivity index (χ3v) is 3.30. The molecule has 20 heavy (non-hydrogen) atoms. The van der Waals surface area contributed by atoms with E-state index in [4.69, 9.17) is 5.73 Å². The number of hydrogen-bond acceptors (Lipinski definition) is 4. The average Bonchev–Trinajstić information content (AvgIpc) is 2.75. The third-order valence-electron chi connectivity index (χ3n) is 3.30. The predicted octanol–water partition coefficient (Wildman–Crippen LogP) is 1.25. The molecule has 6 nitrogen and oxygen atoms in total. The van der Waals surface area contributed by atoms with Gasteiger partial charge in [-0.05, 0) is 6.07 Å². The van der Waals surface area contributed by atoms with Crippen molar-refractivity contribution < 1.29 is 4.79 Å². The number of nitrogens with zero attached hydrogens (tertiary/aromatic N) is 4. The van der Waals surface area contributed by atoms with Gasteiger partial charge in [-0.2, -0.15) is 0 Å². The first-order valence-corrected chi connectivity index (χ1v) is 6.27. The maximum absolute atomic E-state index is 11.9. The molecule has 0 spiro atoms. The molecular weight excluding hydrogens is 254 g/mol. The Morgan fingerprint density at radius 1 is 1.30 bits per heavy atom. The highest BCUT2D eigenvalue weighted by Crippen LogP contribution is 2.25. The van der Waals surface area contributed by atoms with Crippen molar-refractivity contribution in [2.75, 3.05) is 19.8 Å². The lowest BCUT2D eigenvalue weighted by molar-refractivity contribution is -0.129. The van der Waals surface area contributed by atoms with E-state index in [9.17, 15) is 4.79 Å². The first kappa shape index (κ1) is 12.4. The van der Waals surface area contributed by atoms with Gasteiger partial charge in [0.1, 0.15) is 12.1 Å². The molecule has 1 aromatic carbocycles. The monoisotopic (exact) mass is 269 g/mol. The Morgan fingerprint density at radius 3 is 2.80 bits per heavy atom. The summed E-state index contributed by atoms with van der Waals surface area (Å²) in [5.74, 6) is 0.297. The zero-order chi connectivity index (χ0) is 14.3. The van der Waals surface area contributed by atoms with Crippen molar-refractivity contribution in [1.82, 2.24) is 19.4 Å². The van der Waals surface area contributed by atoms with E-state index in [1.165, 1.54) is 4.90 Å². The number of likely N-dealkylation sites (N-methyl/N-ethyl adjacent to an activating group) is 1. The van der Waals surface area contributed by atoms with E-state index < -0.39 is 0 Å². The fourth-order valence-electron chi connectivity index (χ4n) is 2.22. The van der Waals surface area contributed by atoms with E-state index >= 15 is 0 Å². The lowest BCUT2D eigenvalue weighted by Gasteiger charge is -2.12. The second-order valence-corrected chi connectivity index (χ2v) is 4.85. The van der Waals surface area contributed by atoms with Crippen LogP contribution in [0.3, 0.4) is 0 Å². The van der Waals surface area contributed by atoms with Crippen LogP contribution in [-0.2, 0) is 11.3 Å². The fourth-order valence-corrected chi connectivity index (χ4v) is 2.22. The number of hydrogen-bond donors (Lipinski definition) is 1. The maximum atomic E-state index is 11.9. The predicted molar refractivity (Wildman–Crippen MR) is 78.1 cm³/mol. The van der Waals surface area contributed by atoms with Crippen molar-refractivity contribution in [3.8, 4) is 0 Å². The number of imidazole rings is 1. The molecule has 3 rings (SSSR count). The van der Waals surface area contributed by atoms with Gasteiger partial charge in [-0.25, -0.2) is 4.98 Å². The van der Waals surface area contributed by atoms with Crippen LogP contribution in [0.5, 0.6) is 0 Å². The molecule has 0 aliphatic carbocycles. The third kappa shape index (κ3) is 1.85. The molecule has 0 aliphatic heterocycles. The Hall–Kier alpha value is -2.63. The first-order valence-electron chi connectivity index (χ1n) is 6.27. The summed E-state index contributed by atoms with van der Waals surface area (Å²) < 4.78 is 1.74. The summed E-state index contributed by atoms with van der Waals surface area (Å²) in [6.45, 7) is 0.170. The van der Waals surface area contributed by atoms with Crippen molar-refractivity contribution in [1.29, 1.82) is 0 Å². The van der Waals surface area contributed by atoms with E-state index in [2.05, 4.69) is 9.97 Å². The Balaban J connectivity index is 2.27. The van der Waals surface area contributed by atoms with Crippen LogP contribution in [0, 0.1) is 0 Å². The molecule has 2 heterocycles. The molecule has 0 saturated carbocycles. The van der Waals surface area contributed by atoms with Gasteiger partial charge in [0, 0.05) is 19.5 Å². The molecule has 0 saturated heterocycles. The van der Waals surface area contributed by atoms with E-state index in [1.807, 2.05) is 24.3 Å². The van der Waals surface area contributed by atoms with Crippen molar-refractivity contribution in [3.05, 3.63) is 30.5 Å². The summed E-state index contributed by atoms with van der Waals surface area (Å²) in [6, 6.07) is 7.75. The summed E-state index contributed by atoms with van der Waals surface area (Å²) in [6.07, 6.45) is 1.69. The molecule has 0 unspecified atom stereocenters. The quantitative estimate of drug-likeness (QED) is 0.759. The molecular formula is C14H15N5O. The van der Waals surface area contributed by atoms with Gasteiger partial charge in [-0.3, -0.25) is 9.78 Å². The minimum absolute atomic E-state index is 0.0307. The highest BCUT2D eigenvalue weighted by Gasteiger charge is 2.15. The van der Waals surface area contributed by atoms with Crippen LogP contribution in [0.25, 0.3) is 21.9 Å². The minimum Gasteiger partial charge on any atom is -0.369 e. The summed E-state index contributed by atoms with van der Waals surface area (Å²) >= 11 is 0. The van der Waals surface area contributed by atoms with Crippen molar-refractivity contribution in [3.63, 3.8) is 0 Å². The van der Waals surface area contributed by atoms with E-state index in [0.717, 1.165) is 16.4 Å². The number of aromatic nitrogens is 3. The lowest BCUT2D eigenvalue weighted by atomic mass is 10.2. The number of para-hydroxylation sites is 1. The molecule has 0 radical (unpaired) electrons. The summed E-state index contributed by atoms with van der Waals surface area (Å²) in [4.78, 5) is 22.1. The normalized spacial score (nSPS) is 11.1. The van der Waals surface area contributed by atoms with Crippen LogP contribution in [0.2, 0.25) is 0 Å². The Kier molecular flexibility index (Phi) is 2.78. The summed E-state index contributed by atoms with van der Waals surface area (Å²) in [5, 5.41) is 0.945. The molecule has 0 bridgehead atoms. The van der Waals surface area contributed by atoms with Crippen LogP contribution in [-0.4, -0.2) is 39.4 Å². The number of amides is 1. The second kappa shape index (κ2) is 4.48. The van der Waals surface area contributed by atoms with Gasteiger partial charge in [-0.1, -0.05) is 18.2 Å². The van der Waals surface area contributed by atoms with Crippen LogP contribution >= 0.6 is 0 Å². The zero-order valence-electron chi connectivity index (χ0n) is 11.4. The number of carbonyl (C=O) groups excluding carboxylic acids is 1. The summed E-state index contributed by atoms with van der Waals surface area (Å²) in [7, 11) is 3.44. The Bertz CT molecular complexity index is 806. The van der Waals surface area contributed by atoms with E-state index in [-0.39, 0.29) is 12.5 Å². The number of anilines is 1. The van der Waals surface area contributed by atoms with Crippen molar-refractivity contribution >= 4 is 33.8 Å². The highest BCUT2D eigenvalue weighted by molar-refractivity contribution is 6.03. The number of rotatable bonds is 2. The van der Waals surface area contributed by atoms with Crippen LogP contribution in [0.15, 0.2) is 30.5 Å². The average molecular weight is 269 g/mol.